The predicted octanol–water partition coefficient (Wildman–Crippen LogP) is 1.18. The molecule has 5 atom stereocenters. The van der Waals surface area contributed by atoms with Crippen LogP contribution in [0, 0.1) is 0 Å². The number of aliphatic hydroxyl groups excluding tert-OH is 1. The molecule has 1 rings (SSSR count). The summed E-state index contributed by atoms with van der Waals surface area (Å²) in [6.07, 6.45) is -3.75. The molecule has 26 heavy (non-hydrogen) atoms. The summed E-state index contributed by atoms with van der Waals surface area (Å²) >= 11 is 0. The third-order valence-electron chi connectivity index (χ3n) is 4.99. The molecule has 0 spiro atoms. The number of carbonyl (C=O) groups excluding carboxylic acids is 2. The Morgan fingerprint density at radius 1 is 1.23 bits per heavy atom. The summed E-state index contributed by atoms with van der Waals surface area (Å²) in [4.78, 5) is 22.9. The van der Waals surface area contributed by atoms with E-state index >= 15 is 0 Å². The first-order chi connectivity index (χ1) is 11.8. The van der Waals surface area contributed by atoms with Gasteiger partial charge in [-0.15, -0.1) is 0 Å². The van der Waals surface area contributed by atoms with E-state index in [1.54, 1.807) is 0 Å². The Kier molecular flexibility index (Phi) is 7.79. The Labute approximate surface area is 156 Å². The highest BCUT2D eigenvalue weighted by Crippen LogP contribution is 2.37. The Hall–Kier alpha value is -1.00. The summed E-state index contributed by atoms with van der Waals surface area (Å²) in [5, 5.41) is 13.3. The third kappa shape index (κ3) is 5.75. The fourth-order valence-electron chi connectivity index (χ4n) is 2.49. The molecular formula is C17H33NO7Si. The quantitative estimate of drug-likeness (QED) is 0.517. The molecule has 0 aromatic heterocycles. The van der Waals surface area contributed by atoms with E-state index in [9.17, 15) is 14.7 Å². The topological polar surface area (TPSA) is 103 Å². The highest BCUT2D eigenvalue weighted by Gasteiger charge is 2.49. The number of aliphatic hydroxyl groups is 1. The summed E-state index contributed by atoms with van der Waals surface area (Å²) in [6, 6.07) is -0.856. The largest absolute Gasteiger partial charge is 0.457 e. The number of carbonyl (C=O) groups is 2. The molecular weight excluding hydrogens is 358 g/mol. The number of rotatable bonds is 6. The first kappa shape index (κ1) is 23.0. The van der Waals surface area contributed by atoms with Gasteiger partial charge in [0.2, 0.25) is 5.91 Å². The van der Waals surface area contributed by atoms with Gasteiger partial charge >= 0.3 is 5.97 Å². The van der Waals surface area contributed by atoms with Crippen molar-refractivity contribution in [2.24, 2.45) is 0 Å². The average molecular weight is 392 g/mol. The molecule has 8 nitrogen and oxygen atoms in total. The van der Waals surface area contributed by atoms with Crippen molar-refractivity contribution in [2.75, 3.05) is 13.7 Å². The minimum atomic E-state index is -2.07. The van der Waals surface area contributed by atoms with E-state index < -0.39 is 44.9 Å². The zero-order valence-corrected chi connectivity index (χ0v) is 18.0. The number of nitrogens with one attached hydrogen (secondary N) is 1. The molecule has 0 aliphatic carbocycles. The summed E-state index contributed by atoms with van der Waals surface area (Å²) in [5.41, 5.74) is 0. The lowest BCUT2D eigenvalue weighted by Gasteiger charge is -2.45. The standard InChI is InChI=1S/C17H33NO7Si/c1-10(19)18-13-14(21)15(24-11(2)20)12(25-16(13)22-6)9-23-26(7,8)17(3,4)5/h12-16,21H,9H2,1-8H3,(H,18,19)/t12?,13?,14?,15-,16-/m1/s1. The molecule has 0 aromatic carbocycles. The summed E-state index contributed by atoms with van der Waals surface area (Å²) in [6.45, 7) is 13.3. The summed E-state index contributed by atoms with van der Waals surface area (Å²) in [5.74, 6) is -0.898. The fraction of sp³-hybridized carbons (Fsp3) is 0.882. The van der Waals surface area contributed by atoms with Crippen molar-refractivity contribution in [3.8, 4) is 0 Å². The molecule has 0 aromatic rings. The molecule has 152 valence electrons. The number of hydrogen-bond donors (Lipinski definition) is 2. The first-order valence-corrected chi connectivity index (χ1v) is 11.7. The Balaban J connectivity index is 3.00. The minimum absolute atomic E-state index is 0.00338. The van der Waals surface area contributed by atoms with Crippen molar-refractivity contribution in [2.45, 2.75) is 83.4 Å². The maximum atomic E-state index is 11.5. The van der Waals surface area contributed by atoms with Gasteiger partial charge in [0.15, 0.2) is 20.7 Å². The Bertz CT molecular complexity index is 506. The fourth-order valence-corrected chi connectivity index (χ4v) is 3.50. The van der Waals surface area contributed by atoms with Crippen LogP contribution in [-0.4, -0.2) is 69.7 Å². The Morgan fingerprint density at radius 2 is 1.81 bits per heavy atom. The van der Waals surface area contributed by atoms with Crippen molar-refractivity contribution in [3.05, 3.63) is 0 Å². The van der Waals surface area contributed by atoms with E-state index in [-0.39, 0.29) is 17.6 Å². The van der Waals surface area contributed by atoms with Gasteiger partial charge in [0.1, 0.15) is 18.2 Å². The normalized spacial score (nSPS) is 30.0. The third-order valence-corrected chi connectivity index (χ3v) is 9.49. The summed E-state index contributed by atoms with van der Waals surface area (Å²) in [7, 11) is -0.648. The second-order valence-electron chi connectivity index (χ2n) is 8.14. The average Bonchev–Trinajstić information content (AvgIpc) is 2.48. The van der Waals surface area contributed by atoms with Gasteiger partial charge < -0.3 is 29.1 Å². The van der Waals surface area contributed by atoms with E-state index in [2.05, 4.69) is 39.2 Å². The molecule has 3 unspecified atom stereocenters. The van der Waals surface area contributed by atoms with Crippen LogP contribution in [-0.2, 0) is 28.2 Å². The van der Waals surface area contributed by atoms with E-state index in [1.165, 1.54) is 21.0 Å². The molecule has 2 N–H and O–H groups in total. The molecule has 1 fully saturated rings. The van der Waals surface area contributed by atoms with Crippen LogP contribution in [0.25, 0.3) is 0 Å². The maximum Gasteiger partial charge on any atom is 0.303 e. The number of esters is 1. The smallest absolute Gasteiger partial charge is 0.303 e. The maximum absolute atomic E-state index is 11.5. The van der Waals surface area contributed by atoms with Crippen molar-refractivity contribution < 1.29 is 33.3 Å². The van der Waals surface area contributed by atoms with Gasteiger partial charge in [0, 0.05) is 21.0 Å². The lowest BCUT2D eigenvalue weighted by molar-refractivity contribution is -0.266. The number of ether oxygens (including phenoxy) is 3. The van der Waals surface area contributed by atoms with Crippen LogP contribution in [0.15, 0.2) is 0 Å². The molecule has 1 heterocycles. The van der Waals surface area contributed by atoms with Gasteiger partial charge in [-0.2, -0.15) is 0 Å². The number of amides is 1. The van der Waals surface area contributed by atoms with E-state index in [0.29, 0.717) is 0 Å². The zero-order valence-electron chi connectivity index (χ0n) is 17.0. The monoisotopic (exact) mass is 391 g/mol. The van der Waals surface area contributed by atoms with E-state index in [0.717, 1.165) is 0 Å². The van der Waals surface area contributed by atoms with Crippen molar-refractivity contribution in [1.29, 1.82) is 0 Å². The molecule has 1 aliphatic heterocycles. The number of hydrogen-bond acceptors (Lipinski definition) is 7. The second kappa shape index (κ2) is 8.79. The van der Waals surface area contributed by atoms with E-state index in [1.807, 2.05) is 0 Å². The SMILES string of the molecule is CO[C@@H]1OC(CO[Si](C)(C)C(C)(C)C)[C@@H](OC(C)=O)C(O)C1NC(C)=O. The predicted molar refractivity (Wildman–Crippen MR) is 98.0 cm³/mol. The summed E-state index contributed by atoms with van der Waals surface area (Å²) < 4.78 is 22.6. The molecule has 1 saturated heterocycles. The van der Waals surface area contributed by atoms with Crippen molar-refractivity contribution >= 4 is 20.2 Å². The molecule has 0 radical (unpaired) electrons. The van der Waals surface area contributed by atoms with Gasteiger partial charge in [-0.05, 0) is 18.1 Å². The molecule has 0 saturated carbocycles. The lowest BCUT2D eigenvalue weighted by atomic mass is 9.96. The van der Waals surface area contributed by atoms with Crippen LogP contribution in [0.3, 0.4) is 0 Å². The molecule has 1 aliphatic rings. The van der Waals surface area contributed by atoms with Crippen LogP contribution in [0.4, 0.5) is 0 Å². The zero-order chi connectivity index (χ0) is 20.3. The highest BCUT2D eigenvalue weighted by molar-refractivity contribution is 6.74. The van der Waals surface area contributed by atoms with Crippen molar-refractivity contribution in [3.63, 3.8) is 0 Å². The van der Waals surface area contributed by atoms with Crippen LogP contribution in [0.1, 0.15) is 34.6 Å². The molecule has 9 heteroatoms. The van der Waals surface area contributed by atoms with Crippen LogP contribution in [0.5, 0.6) is 0 Å². The highest BCUT2D eigenvalue weighted by atomic mass is 28.4. The van der Waals surface area contributed by atoms with Crippen LogP contribution >= 0.6 is 0 Å². The van der Waals surface area contributed by atoms with Gasteiger partial charge in [-0.1, -0.05) is 20.8 Å². The van der Waals surface area contributed by atoms with Gasteiger partial charge in [0.05, 0.1) is 6.61 Å². The Morgan fingerprint density at radius 3 is 2.23 bits per heavy atom. The first-order valence-electron chi connectivity index (χ1n) is 8.74. The van der Waals surface area contributed by atoms with Gasteiger partial charge in [0.25, 0.3) is 0 Å². The number of methoxy groups -OCH3 is 1. The van der Waals surface area contributed by atoms with Crippen molar-refractivity contribution in [1.82, 2.24) is 5.32 Å². The van der Waals surface area contributed by atoms with Crippen LogP contribution < -0.4 is 5.32 Å². The van der Waals surface area contributed by atoms with Crippen LogP contribution in [0.2, 0.25) is 18.1 Å². The van der Waals surface area contributed by atoms with E-state index in [4.69, 9.17) is 18.6 Å². The molecule has 0 bridgehead atoms. The minimum Gasteiger partial charge on any atom is -0.457 e. The molecule has 1 amide bonds. The second-order valence-corrected chi connectivity index (χ2v) is 13.0. The van der Waals surface area contributed by atoms with Gasteiger partial charge in [-0.3, -0.25) is 9.59 Å². The lowest BCUT2D eigenvalue weighted by Crippen LogP contribution is -2.65. The van der Waals surface area contributed by atoms with Gasteiger partial charge in [-0.25, -0.2) is 0 Å².